The lowest BCUT2D eigenvalue weighted by Crippen LogP contribution is -2.48. The van der Waals surface area contributed by atoms with Crippen LogP contribution in [0, 0.1) is 6.92 Å². The second-order valence-corrected chi connectivity index (χ2v) is 7.04. The van der Waals surface area contributed by atoms with Crippen LogP contribution in [0.25, 0.3) is 11.0 Å². The van der Waals surface area contributed by atoms with Gasteiger partial charge in [0.15, 0.2) is 0 Å². The topological polar surface area (TPSA) is 57.5 Å². The van der Waals surface area contributed by atoms with E-state index in [0.717, 1.165) is 54.8 Å². The summed E-state index contributed by atoms with van der Waals surface area (Å²) in [7, 11) is 0. The molecule has 136 valence electrons. The predicted molar refractivity (Wildman–Crippen MR) is 101 cm³/mol. The van der Waals surface area contributed by atoms with Crippen LogP contribution < -0.4 is 10.6 Å². The Hall–Kier alpha value is -2.01. The zero-order valence-electron chi connectivity index (χ0n) is 15.5. The van der Waals surface area contributed by atoms with Gasteiger partial charge in [-0.25, -0.2) is 4.79 Å². The third-order valence-electron chi connectivity index (χ3n) is 5.08. The number of benzene rings is 1. The number of rotatable bonds is 5. The van der Waals surface area contributed by atoms with E-state index in [1.54, 1.807) is 0 Å². The lowest BCUT2D eigenvalue weighted by molar-refractivity contribution is 0.191. The highest BCUT2D eigenvalue weighted by Crippen LogP contribution is 2.29. The molecule has 0 radical (unpaired) electrons. The smallest absolute Gasteiger partial charge is 0.315 e. The van der Waals surface area contributed by atoms with Gasteiger partial charge in [-0.15, -0.1) is 0 Å². The van der Waals surface area contributed by atoms with Gasteiger partial charge >= 0.3 is 6.03 Å². The number of piperidine rings is 1. The van der Waals surface area contributed by atoms with Crippen molar-refractivity contribution < 1.29 is 9.21 Å². The molecule has 0 spiro atoms. The van der Waals surface area contributed by atoms with E-state index in [9.17, 15) is 4.79 Å². The predicted octanol–water partition coefficient (Wildman–Crippen LogP) is 3.98. The number of urea groups is 1. The molecule has 1 aromatic heterocycles. The first-order valence-electron chi connectivity index (χ1n) is 9.36. The Labute approximate surface area is 149 Å². The molecule has 2 aromatic rings. The molecule has 1 aromatic carbocycles. The van der Waals surface area contributed by atoms with Crippen LogP contribution in [0.2, 0.25) is 0 Å². The third-order valence-corrected chi connectivity index (χ3v) is 5.08. The molecule has 0 saturated carbocycles. The molecule has 0 unspecified atom stereocenters. The summed E-state index contributed by atoms with van der Waals surface area (Å²) in [6.07, 6.45) is 3.23. The maximum absolute atomic E-state index is 12.4. The van der Waals surface area contributed by atoms with Gasteiger partial charge in [-0.3, -0.25) is 0 Å². The Morgan fingerprint density at radius 3 is 2.72 bits per heavy atom. The van der Waals surface area contributed by atoms with Gasteiger partial charge in [0, 0.05) is 30.1 Å². The molecule has 1 saturated heterocycles. The molecule has 25 heavy (non-hydrogen) atoms. The molecule has 2 N–H and O–H groups in total. The van der Waals surface area contributed by atoms with Crippen LogP contribution >= 0.6 is 0 Å². The fourth-order valence-corrected chi connectivity index (χ4v) is 3.71. The quantitative estimate of drug-likeness (QED) is 0.863. The molecule has 3 rings (SSSR count). The van der Waals surface area contributed by atoms with Crippen molar-refractivity contribution in [2.45, 2.75) is 52.1 Å². The molecule has 2 heterocycles. The lowest BCUT2D eigenvalue weighted by Gasteiger charge is -2.32. The van der Waals surface area contributed by atoms with E-state index in [1.165, 1.54) is 6.42 Å². The normalized spacial score (nSPS) is 17.6. The molecule has 1 fully saturated rings. The van der Waals surface area contributed by atoms with E-state index >= 15 is 0 Å². The van der Waals surface area contributed by atoms with Crippen molar-refractivity contribution in [2.75, 3.05) is 19.6 Å². The minimum absolute atomic E-state index is 0.110. The van der Waals surface area contributed by atoms with Crippen LogP contribution in [0.5, 0.6) is 0 Å². The van der Waals surface area contributed by atoms with Crippen molar-refractivity contribution in [1.29, 1.82) is 0 Å². The summed E-state index contributed by atoms with van der Waals surface area (Å²) in [6, 6.07) is 7.97. The summed E-state index contributed by atoms with van der Waals surface area (Å²) in [5, 5.41) is 7.25. The van der Waals surface area contributed by atoms with E-state index in [0.29, 0.717) is 0 Å². The standard InChI is InChI=1S/C20H29N3O2/c1-4-11-23-12-9-16(10-13-23)22-20(24)21-15(3)19-14(2)17-7-5-6-8-18(17)25-19/h5-8,15-16H,4,9-13H2,1-3H3,(H2,21,22,24)/t15-/m1/s1. The number of para-hydroxylation sites is 1. The first-order chi connectivity index (χ1) is 12.1. The third kappa shape index (κ3) is 4.15. The highest BCUT2D eigenvalue weighted by molar-refractivity contribution is 5.82. The fourth-order valence-electron chi connectivity index (χ4n) is 3.71. The average Bonchev–Trinajstić information content (AvgIpc) is 2.94. The number of carbonyl (C=O) groups excluding carboxylic acids is 1. The zero-order valence-corrected chi connectivity index (χ0v) is 15.5. The fraction of sp³-hybridized carbons (Fsp3) is 0.550. The molecule has 0 aliphatic carbocycles. The number of amides is 2. The molecule has 1 aliphatic rings. The van der Waals surface area contributed by atoms with Crippen molar-refractivity contribution in [1.82, 2.24) is 15.5 Å². The monoisotopic (exact) mass is 343 g/mol. The van der Waals surface area contributed by atoms with E-state index in [2.05, 4.69) is 28.5 Å². The van der Waals surface area contributed by atoms with Gasteiger partial charge < -0.3 is 20.0 Å². The van der Waals surface area contributed by atoms with Gasteiger partial charge in [-0.05, 0) is 45.7 Å². The largest absolute Gasteiger partial charge is 0.459 e. The van der Waals surface area contributed by atoms with Gasteiger partial charge in [0.2, 0.25) is 0 Å². The SMILES string of the molecule is CCCN1CCC(NC(=O)N[C@H](C)c2oc3ccccc3c2C)CC1. The number of hydrogen-bond acceptors (Lipinski definition) is 3. The molecule has 1 aliphatic heterocycles. The summed E-state index contributed by atoms with van der Waals surface area (Å²) in [6.45, 7) is 9.50. The van der Waals surface area contributed by atoms with Crippen molar-refractivity contribution in [3.8, 4) is 0 Å². The number of hydrogen-bond donors (Lipinski definition) is 2. The molecule has 5 heteroatoms. The second-order valence-electron chi connectivity index (χ2n) is 7.04. The van der Waals surface area contributed by atoms with Gasteiger partial charge in [0.25, 0.3) is 0 Å². The Morgan fingerprint density at radius 2 is 2.04 bits per heavy atom. The van der Waals surface area contributed by atoms with Crippen molar-refractivity contribution in [3.05, 3.63) is 35.6 Å². The van der Waals surface area contributed by atoms with E-state index < -0.39 is 0 Å². The van der Waals surface area contributed by atoms with Crippen LogP contribution in [0.15, 0.2) is 28.7 Å². The maximum Gasteiger partial charge on any atom is 0.315 e. The lowest BCUT2D eigenvalue weighted by atomic mass is 10.1. The Kier molecular flexibility index (Phi) is 5.63. The van der Waals surface area contributed by atoms with Crippen LogP contribution in [0.3, 0.4) is 0 Å². The van der Waals surface area contributed by atoms with Crippen LogP contribution in [-0.4, -0.2) is 36.6 Å². The van der Waals surface area contributed by atoms with Crippen LogP contribution in [-0.2, 0) is 0 Å². The van der Waals surface area contributed by atoms with Crippen molar-refractivity contribution >= 4 is 17.0 Å². The number of nitrogens with zero attached hydrogens (tertiary/aromatic N) is 1. The Morgan fingerprint density at radius 1 is 1.32 bits per heavy atom. The second kappa shape index (κ2) is 7.91. The number of carbonyl (C=O) groups is 1. The van der Waals surface area contributed by atoms with E-state index in [1.807, 2.05) is 32.0 Å². The number of nitrogens with one attached hydrogen (secondary N) is 2. The summed E-state index contributed by atoms with van der Waals surface area (Å²) in [5.74, 6) is 0.828. The van der Waals surface area contributed by atoms with Gasteiger partial charge in [0.05, 0.1) is 6.04 Å². The molecule has 5 nitrogen and oxygen atoms in total. The van der Waals surface area contributed by atoms with Crippen LogP contribution in [0.1, 0.15) is 50.5 Å². The molecule has 0 bridgehead atoms. The number of likely N-dealkylation sites (tertiary alicyclic amines) is 1. The molecular weight excluding hydrogens is 314 g/mol. The minimum atomic E-state index is -0.160. The first-order valence-corrected chi connectivity index (χ1v) is 9.36. The summed E-state index contributed by atoms with van der Waals surface area (Å²) >= 11 is 0. The molecule has 1 atom stereocenters. The minimum Gasteiger partial charge on any atom is -0.459 e. The highest BCUT2D eigenvalue weighted by atomic mass is 16.3. The summed E-state index contributed by atoms with van der Waals surface area (Å²) in [4.78, 5) is 14.8. The average molecular weight is 343 g/mol. The van der Waals surface area contributed by atoms with Crippen molar-refractivity contribution in [3.63, 3.8) is 0 Å². The van der Waals surface area contributed by atoms with Crippen LogP contribution in [0.4, 0.5) is 4.79 Å². The van der Waals surface area contributed by atoms with Gasteiger partial charge in [-0.2, -0.15) is 0 Å². The van der Waals surface area contributed by atoms with E-state index in [4.69, 9.17) is 4.42 Å². The van der Waals surface area contributed by atoms with Gasteiger partial charge in [-0.1, -0.05) is 25.1 Å². The number of furan rings is 1. The summed E-state index contributed by atoms with van der Waals surface area (Å²) in [5.41, 5.74) is 1.96. The maximum atomic E-state index is 12.4. The Balaban J connectivity index is 1.55. The highest BCUT2D eigenvalue weighted by Gasteiger charge is 2.22. The molecule has 2 amide bonds. The summed E-state index contributed by atoms with van der Waals surface area (Å²) < 4.78 is 5.94. The first kappa shape index (κ1) is 17.8. The number of fused-ring (bicyclic) bond motifs is 1. The van der Waals surface area contributed by atoms with Gasteiger partial charge in [0.1, 0.15) is 11.3 Å². The zero-order chi connectivity index (χ0) is 17.8. The number of aryl methyl sites for hydroxylation is 1. The van der Waals surface area contributed by atoms with E-state index in [-0.39, 0.29) is 18.1 Å². The molecular formula is C20H29N3O2. The Bertz CT molecular complexity index is 717. The van der Waals surface area contributed by atoms with Crippen molar-refractivity contribution in [2.24, 2.45) is 0 Å².